The fourth-order valence-corrected chi connectivity index (χ4v) is 3.00. The first-order valence-electron chi connectivity index (χ1n) is 6.99. The van der Waals surface area contributed by atoms with Crippen LogP contribution in [0, 0.1) is 17.2 Å². The van der Waals surface area contributed by atoms with Crippen LogP contribution in [0.15, 0.2) is 18.2 Å². The fraction of sp³-hybridized carbons (Fsp3) is 0.625. The number of hydrogen-bond donors (Lipinski definition) is 1. The minimum Gasteiger partial charge on any atom is -0.392 e. The average molecular weight is 285 g/mol. The Hall–Kier alpha value is -0.600. The molecule has 0 heterocycles. The summed E-state index contributed by atoms with van der Waals surface area (Å²) in [5.74, 6) is -0.0668. The second-order valence-corrected chi connectivity index (χ2v) is 6.93. The molecule has 1 nitrogen and oxygen atoms in total. The van der Waals surface area contributed by atoms with Gasteiger partial charge < -0.3 is 5.11 Å². The molecule has 106 valence electrons. The van der Waals surface area contributed by atoms with E-state index in [4.69, 9.17) is 11.6 Å². The monoisotopic (exact) mass is 284 g/mol. The van der Waals surface area contributed by atoms with Crippen LogP contribution in [0.5, 0.6) is 0 Å². The third-order valence-electron chi connectivity index (χ3n) is 4.36. The molecule has 0 saturated heterocycles. The number of rotatable bonds is 3. The van der Waals surface area contributed by atoms with Gasteiger partial charge in [-0.2, -0.15) is 0 Å². The topological polar surface area (TPSA) is 20.2 Å². The normalized spacial score (nSPS) is 21.3. The molecule has 3 heteroatoms. The van der Waals surface area contributed by atoms with Crippen LogP contribution in [0.25, 0.3) is 0 Å². The highest BCUT2D eigenvalue weighted by atomic mass is 35.5. The van der Waals surface area contributed by atoms with E-state index in [1.54, 1.807) is 12.1 Å². The van der Waals surface area contributed by atoms with Gasteiger partial charge in [-0.05, 0) is 61.1 Å². The summed E-state index contributed by atoms with van der Waals surface area (Å²) in [4.78, 5) is 0. The van der Waals surface area contributed by atoms with Crippen LogP contribution in [0.4, 0.5) is 4.39 Å². The lowest BCUT2D eigenvalue weighted by atomic mass is 9.71. The molecule has 0 aromatic heterocycles. The Morgan fingerprint density at radius 1 is 1.37 bits per heavy atom. The van der Waals surface area contributed by atoms with Gasteiger partial charge >= 0.3 is 0 Å². The summed E-state index contributed by atoms with van der Waals surface area (Å²) in [6, 6.07) is 4.78. The van der Waals surface area contributed by atoms with E-state index in [-0.39, 0.29) is 11.1 Å². The summed E-state index contributed by atoms with van der Waals surface area (Å²) in [6.45, 7) is 4.56. The molecule has 2 rings (SSSR count). The van der Waals surface area contributed by atoms with Crippen molar-refractivity contribution in [3.05, 3.63) is 34.6 Å². The van der Waals surface area contributed by atoms with Crippen molar-refractivity contribution in [1.29, 1.82) is 0 Å². The molecule has 19 heavy (non-hydrogen) atoms. The van der Waals surface area contributed by atoms with Gasteiger partial charge in [-0.3, -0.25) is 0 Å². The third kappa shape index (κ3) is 3.93. The summed E-state index contributed by atoms with van der Waals surface area (Å²) in [5.41, 5.74) is 1.22. The highest BCUT2D eigenvalue weighted by Gasteiger charge is 2.30. The number of benzene rings is 1. The van der Waals surface area contributed by atoms with Crippen LogP contribution in [-0.2, 0) is 6.42 Å². The highest BCUT2D eigenvalue weighted by molar-refractivity contribution is 6.30. The maximum atomic E-state index is 13.4. The van der Waals surface area contributed by atoms with Gasteiger partial charge in [0.25, 0.3) is 0 Å². The van der Waals surface area contributed by atoms with Crippen LogP contribution in [0.2, 0.25) is 5.02 Å². The number of aliphatic hydroxyl groups excluding tert-OH is 1. The van der Waals surface area contributed by atoms with Gasteiger partial charge in [-0.25, -0.2) is 4.39 Å². The number of halogens is 2. The molecule has 0 spiro atoms. The second kappa shape index (κ2) is 5.80. The van der Waals surface area contributed by atoms with E-state index in [0.29, 0.717) is 17.8 Å². The van der Waals surface area contributed by atoms with E-state index in [1.165, 1.54) is 6.07 Å². The molecule has 1 aromatic carbocycles. The molecule has 1 N–H and O–H groups in total. The summed E-state index contributed by atoms with van der Waals surface area (Å²) in [6.07, 6.45) is 4.57. The molecule has 1 aliphatic rings. The second-order valence-electron chi connectivity index (χ2n) is 6.52. The van der Waals surface area contributed by atoms with Crippen LogP contribution in [-0.4, -0.2) is 11.2 Å². The van der Waals surface area contributed by atoms with Gasteiger partial charge in [0.15, 0.2) is 0 Å². The SMILES string of the molecule is CC1(C)CCC(C(O)Cc2ccc(Cl)c(F)c2)CC1. The first-order chi connectivity index (χ1) is 8.87. The lowest BCUT2D eigenvalue weighted by Crippen LogP contribution is -2.30. The summed E-state index contributed by atoms with van der Waals surface area (Å²) >= 11 is 5.66. The molecule has 0 radical (unpaired) electrons. The van der Waals surface area contributed by atoms with Crippen molar-refractivity contribution in [2.24, 2.45) is 11.3 Å². The Labute approximate surface area is 119 Å². The number of aliphatic hydroxyl groups is 1. The third-order valence-corrected chi connectivity index (χ3v) is 4.66. The average Bonchev–Trinajstić information content (AvgIpc) is 2.33. The van der Waals surface area contributed by atoms with Crippen LogP contribution >= 0.6 is 11.6 Å². The zero-order chi connectivity index (χ0) is 14.0. The molecular formula is C16H22ClFO. The molecule has 1 aliphatic carbocycles. The predicted octanol–water partition coefficient (Wildman–Crippen LogP) is 4.60. The molecule has 1 atom stereocenters. The summed E-state index contributed by atoms with van der Waals surface area (Å²) < 4.78 is 13.4. The largest absolute Gasteiger partial charge is 0.392 e. The standard InChI is InChI=1S/C16H22ClFO/c1-16(2)7-5-12(6-8-16)15(19)10-11-3-4-13(17)14(18)9-11/h3-4,9,12,15,19H,5-8,10H2,1-2H3. The Kier molecular flexibility index (Phi) is 4.52. The smallest absolute Gasteiger partial charge is 0.142 e. The maximum absolute atomic E-state index is 13.4. The van der Waals surface area contributed by atoms with Crippen LogP contribution < -0.4 is 0 Å². The van der Waals surface area contributed by atoms with Crippen molar-refractivity contribution in [2.75, 3.05) is 0 Å². The van der Waals surface area contributed by atoms with E-state index in [2.05, 4.69) is 13.8 Å². The minimum atomic E-state index is -0.406. The highest BCUT2D eigenvalue weighted by Crippen LogP contribution is 2.39. The van der Waals surface area contributed by atoms with E-state index in [1.807, 2.05) is 0 Å². The van der Waals surface area contributed by atoms with E-state index in [9.17, 15) is 9.50 Å². The van der Waals surface area contributed by atoms with E-state index < -0.39 is 5.82 Å². The van der Waals surface area contributed by atoms with Crippen molar-refractivity contribution < 1.29 is 9.50 Å². The quantitative estimate of drug-likeness (QED) is 0.860. The molecule has 0 amide bonds. The van der Waals surface area contributed by atoms with Crippen molar-refractivity contribution in [3.8, 4) is 0 Å². The predicted molar refractivity (Wildman–Crippen MR) is 76.9 cm³/mol. The molecule has 0 bridgehead atoms. The van der Waals surface area contributed by atoms with Crippen molar-refractivity contribution in [1.82, 2.24) is 0 Å². The molecular weight excluding hydrogens is 263 g/mol. The number of hydrogen-bond acceptors (Lipinski definition) is 1. The molecule has 1 aromatic rings. The first kappa shape index (κ1) is 14.8. The molecule has 1 unspecified atom stereocenters. The fourth-order valence-electron chi connectivity index (χ4n) is 2.88. The Morgan fingerprint density at radius 3 is 2.58 bits per heavy atom. The molecule has 1 saturated carbocycles. The van der Waals surface area contributed by atoms with Crippen molar-refractivity contribution in [2.45, 2.75) is 52.1 Å². The van der Waals surface area contributed by atoms with Crippen molar-refractivity contribution in [3.63, 3.8) is 0 Å². The lowest BCUT2D eigenvalue weighted by Gasteiger charge is -2.36. The molecule has 1 fully saturated rings. The van der Waals surface area contributed by atoms with Gasteiger partial charge in [-0.15, -0.1) is 0 Å². The zero-order valence-corrected chi connectivity index (χ0v) is 12.4. The Morgan fingerprint density at radius 2 is 2.00 bits per heavy atom. The van der Waals surface area contributed by atoms with Gasteiger partial charge in [0.1, 0.15) is 5.82 Å². The summed E-state index contributed by atoms with van der Waals surface area (Å²) in [7, 11) is 0. The van der Waals surface area contributed by atoms with Crippen LogP contribution in [0.1, 0.15) is 45.1 Å². The van der Waals surface area contributed by atoms with E-state index >= 15 is 0 Å². The lowest BCUT2D eigenvalue weighted by molar-refractivity contribution is 0.0576. The molecule has 0 aliphatic heterocycles. The van der Waals surface area contributed by atoms with E-state index in [0.717, 1.165) is 31.2 Å². The first-order valence-corrected chi connectivity index (χ1v) is 7.37. The minimum absolute atomic E-state index is 0.137. The maximum Gasteiger partial charge on any atom is 0.142 e. The van der Waals surface area contributed by atoms with Gasteiger partial charge in [-0.1, -0.05) is 31.5 Å². The van der Waals surface area contributed by atoms with Crippen molar-refractivity contribution >= 4 is 11.6 Å². The van der Waals surface area contributed by atoms with Crippen LogP contribution in [0.3, 0.4) is 0 Å². The van der Waals surface area contributed by atoms with Gasteiger partial charge in [0, 0.05) is 0 Å². The Balaban J connectivity index is 1.94. The summed E-state index contributed by atoms with van der Waals surface area (Å²) in [5, 5.41) is 10.4. The zero-order valence-electron chi connectivity index (χ0n) is 11.6. The van der Waals surface area contributed by atoms with Gasteiger partial charge in [0.2, 0.25) is 0 Å². The van der Waals surface area contributed by atoms with Gasteiger partial charge in [0.05, 0.1) is 11.1 Å². The Bertz CT molecular complexity index is 434.